The summed E-state index contributed by atoms with van der Waals surface area (Å²) < 4.78 is 1.67. The van der Waals surface area contributed by atoms with Crippen molar-refractivity contribution in [3.05, 3.63) is 11.9 Å². The first-order valence-electron chi connectivity index (χ1n) is 4.25. The van der Waals surface area contributed by atoms with Crippen LogP contribution in [0.15, 0.2) is 6.20 Å². The first-order chi connectivity index (χ1) is 5.72. The molecular weight excluding hydrogens is 154 g/mol. The summed E-state index contributed by atoms with van der Waals surface area (Å²) in [5.41, 5.74) is 0.949. The highest BCUT2D eigenvalue weighted by atomic mass is 16.3. The molecule has 4 nitrogen and oxygen atoms in total. The van der Waals surface area contributed by atoms with Gasteiger partial charge in [-0.1, -0.05) is 12.1 Å². The molecule has 1 aromatic heterocycles. The summed E-state index contributed by atoms with van der Waals surface area (Å²) in [7, 11) is 1.84. The van der Waals surface area contributed by atoms with E-state index in [9.17, 15) is 5.11 Å². The predicted molar refractivity (Wildman–Crippen MR) is 45.6 cm³/mol. The number of rotatable bonds is 4. The molecular formula is C8H15N3O. The molecule has 1 atom stereocenters. The van der Waals surface area contributed by atoms with Gasteiger partial charge >= 0.3 is 0 Å². The Labute approximate surface area is 72.2 Å². The van der Waals surface area contributed by atoms with Crippen LogP contribution >= 0.6 is 0 Å². The average molecular weight is 169 g/mol. The van der Waals surface area contributed by atoms with E-state index in [0.29, 0.717) is 0 Å². The zero-order chi connectivity index (χ0) is 8.97. The molecule has 0 saturated carbocycles. The van der Waals surface area contributed by atoms with Crippen LogP contribution in [0.3, 0.4) is 0 Å². The van der Waals surface area contributed by atoms with Crippen LogP contribution in [0.25, 0.3) is 0 Å². The molecule has 0 amide bonds. The maximum atomic E-state index is 9.27. The summed E-state index contributed by atoms with van der Waals surface area (Å²) in [4.78, 5) is 0. The lowest BCUT2D eigenvalue weighted by molar-refractivity contribution is 0.160. The lowest BCUT2D eigenvalue weighted by Crippen LogP contribution is -2.05. The molecule has 1 unspecified atom stereocenters. The molecule has 1 N–H and O–H groups in total. The van der Waals surface area contributed by atoms with E-state index in [1.807, 2.05) is 20.2 Å². The van der Waals surface area contributed by atoms with Crippen LogP contribution in [0.1, 0.15) is 25.5 Å². The Morgan fingerprint density at radius 3 is 2.92 bits per heavy atom. The average Bonchev–Trinajstić information content (AvgIpc) is 2.47. The highest BCUT2D eigenvalue weighted by molar-refractivity contribution is 4.92. The molecule has 68 valence electrons. The van der Waals surface area contributed by atoms with Gasteiger partial charge in [0.25, 0.3) is 0 Å². The lowest BCUT2D eigenvalue weighted by Gasteiger charge is -2.03. The zero-order valence-electron chi connectivity index (χ0n) is 7.56. The van der Waals surface area contributed by atoms with Crippen molar-refractivity contribution in [3.63, 3.8) is 0 Å². The first-order valence-corrected chi connectivity index (χ1v) is 4.25. The van der Waals surface area contributed by atoms with Crippen LogP contribution in [0.5, 0.6) is 0 Å². The van der Waals surface area contributed by atoms with Crippen LogP contribution in [0.2, 0.25) is 0 Å². The summed E-state index contributed by atoms with van der Waals surface area (Å²) in [6, 6.07) is 0. The van der Waals surface area contributed by atoms with Crippen LogP contribution < -0.4 is 0 Å². The van der Waals surface area contributed by atoms with Gasteiger partial charge in [0.15, 0.2) is 0 Å². The van der Waals surface area contributed by atoms with Gasteiger partial charge in [0.05, 0.1) is 11.8 Å². The van der Waals surface area contributed by atoms with E-state index in [1.54, 1.807) is 4.68 Å². The zero-order valence-corrected chi connectivity index (χ0v) is 7.56. The Balaban J connectivity index is 2.33. The van der Waals surface area contributed by atoms with Gasteiger partial charge in [0.1, 0.15) is 0 Å². The Morgan fingerprint density at radius 2 is 2.42 bits per heavy atom. The summed E-state index contributed by atoms with van der Waals surface area (Å²) >= 11 is 0. The molecule has 12 heavy (non-hydrogen) atoms. The minimum absolute atomic E-state index is 0.202. The van der Waals surface area contributed by atoms with E-state index in [-0.39, 0.29) is 6.10 Å². The molecule has 0 aliphatic rings. The normalized spacial score (nSPS) is 13.2. The van der Waals surface area contributed by atoms with Gasteiger partial charge in [0.2, 0.25) is 0 Å². The Kier molecular flexibility index (Phi) is 3.22. The third-order valence-corrected chi connectivity index (χ3v) is 1.86. The van der Waals surface area contributed by atoms with Crippen molar-refractivity contribution < 1.29 is 5.11 Å². The second-order valence-electron chi connectivity index (χ2n) is 2.98. The van der Waals surface area contributed by atoms with Crippen LogP contribution in [-0.2, 0) is 13.5 Å². The number of aromatic nitrogens is 3. The fourth-order valence-corrected chi connectivity index (χ4v) is 1.03. The Morgan fingerprint density at radius 1 is 1.67 bits per heavy atom. The topological polar surface area (TPSA) is 50.9 Å². The summed E-state index contributed by atoms with van der Waals surface area (Å²) in [5.74, 6) is 0. The Bertz CT molecular complexity index is 234. The van der Waals surface area contributed by atoms with Gasteiger partial charge in [-0.2, -0.15) is 0 Å². The first kappa shape index (κ1) is 9.19. The van der Waals surface area contributed by atoms with Gasteiger partial charge in [-0.15, -0.1) is 5.10 Å². The molecule has 1 heterocycles. The summed E-state index contributed by atoms with van der Waals surface area (Å²) in [5, 5.41) is 17.0. The molecule has 1 rings (SSSR count). The van der Waals surface area contributed by atoms with Crippen molar-refractivity contribution in [2.45, 2.75) is 32.3 Å². The van der Waals surface area contributed by atoms with Gasteiger partial charge in [-0.05, 0) is 19.3 Å². The molecule has 0 bridgehead atoms. The molecule has 0 aliphatic carbocycles. The van der Waals surface area contributed by atoms with Crippen molar-refractivity contribution in [1.82, 2.24) is 15.0 Å². The van der Waals surface area contributed by atoms with E-state index in [2.05, 4.69) is 10.3 Å². The van der Waals surface area contributed by atoms with Gasteiger partial charge < -0.3 is 5.11 Å². The third kappa shape index (κ3) is 2.62. The fourth-order valence-electron chi connectivity index (χ4n) is 1.03. The number of hydrogen-bond donors (Lipinski definition) is 1. The quantitative estimate of drug-likeness (QED) is 0.714. The van der Waals surface area contributed by atoms with Gasteiger partial charge in [0, 0.05) is 13.2 Å². The van der Waals surface area contributed by atoms with Gasteiger partial charge in [-0.25, -0.2) is 0 Å². The second kappa shape index (κ2) is 4.21. The standard InChI is InChI=1S/C8H15N3O/c1-3-8(12)5-4-7-6-11(2)10-9-7/h6,8,12H,3-5H2,1-2H3. The van der Waals surface area contributed by atoms with Crippen LogP contribution in [0.4, 0.5) is 0 Å². The van der Waals surface area contributed by atoms with E-state index in [4.69, 9.17) is 0 Å². The van der Waals surface area contributed by atoms with Crippen molar-refractivity contribution in [3.8, 4) is 0 Å². The summed E-state index contributed by atoms with van der Waals surface area (Å²) in [6.07, 6.45) is 4.06. The van der Waals surface area contributed by atoms with Crippen molar-refractivity contribution >= 4 is 0 Å². The second-order valence-corrected chi connectivity index (χ2v) is 2.98. The van der Waals surface area contributed by atoms with Crippen molar-refractivity contribution in [2.24, 2.45) is 7.05 Å². The third-order valence-electron chi connectivity index (χ3n) is 1.86. The number of nitrogens with zero attached hydrogens (tertiary/aromatic N) is 3. The van der Waals surface area contributed by atoms with E-state index in [0.717, 1.165) is 25.0 Å². The number of aliphatic hydroxyl groups excluding tert-OH is 1. The largest absolute Gasteiger partial charge is 0.393 e. The minimum Gasteiger partial charge on any atom is -0.393 e. The number of hydrogen-bond acceptors (Lipinski definition) is 3. The Hall–Kier alpha value is -0.900. The minimum atomic E-state index is -0.202. The van der Waals surface area contributed by atoms with Crippen molar-refractivity contribution in [2.75, 3.05) is 0 Å². The van der Waals surface area contributed by atoms with Gasteiger partial charge in [-0.3, -0.25) is 4.68 Å². The number of aliphatic hydroxyl groups is 1. The van der Waals surface area contributed by atoms with Crippen LogP contribution in [-0.4, -0.2) is 26.2 Å². The maximum absolute atomic E-state index is 9.27. The van der Waals surface area contributed by atoms with E-state index in [1.165, 1.54) is 0 Å². The summed E-state index contributed by atoms with van der Waals surface area (Å²) in [6.45, 7) is 1.97. The predicted octanol–water partition coefficient (Wildman–Crippen LogP) is 0.519. The monoisotopic (exact) mass is 169 g/mol. The van der Waals surface area contributed by atoms with Crippen LogP contribution in [0, 0.1) is 0 Å². The molecule has 0 fully saturated rings. The molecule has 0 saturated heterocycles. The number of aryl methyl sites for hydroxylation is 2. The fraction of sp³-hybridized carbons (Fsp3) is 0.750. The van der Waals surface area contributed by atoms with Crippen molar-refractivity contribution in [1.29, 1.82) is 0 Å². The lowest BCUT2D eigenvalue weighted by atomic mass is 10.1. The molecule has 0 aromatic carbocycles. The molecule has 0 spiro atoms. The molecule has 0 radical (unpaired) electrons. The molecule has 0 aliphatic heterocycles. The van der Waals surface area contributed by atoms with E-state index < -0.39 is 0 Å². The maximum Gasteiger partial charge on any atom is 0.0828 e. The SMILES string of the molecule is CCC(O)CCc1cn(C)nn1. The highest BCUT2D eigenvalue weighted by Crippen LogP contribution is 2.03. The van der Waals surface area contributed by atoms with E-state index >= 15 is 0 Å². The smallest absolute Gasteiger partial charge is 0.0828 e. The molecule has 4 heteroatoms. The highest BCUT2D eigenvalue weighted by Gasteiger charge is 2.03. The molecule has 1 aromatic rings.